The van der Waals surface area contributed by atoms with Gasteiger partial charge in [-0.3, -0.25) is 25.4 Å². The number of nitrogens with one attached hydrogen (secondary N) is 3. The maximum Gasteiger partial charge on any atom is 0.414 e. The number of hydrogen-bond donors (Lipinski definition) is 3. The number of alkyl carbamates (subject to hydrolysis) is 1. The summed E-state index contributed by atoms with van der Waals surface area (Å²) < 4.78 is 25.4. The van der Waals surface area contributed by atoms with E-state index in [1.54, 1.807) is 9.80 Å². The van der Waals surface area contributed by atoms with Crippen molar-refractivity contribution in [3.8, 4) is 5.69 Å². The number of aromatic nitrogens is 2. The Labute approximate surface area is 496 Å². The number of carbonyl (C=O) groups excluding carboxylic acids is 4. The van der Waals surface area contributed by atoms with Gasteiger partial charge in [0.25, 0.3) is 0 Å². The minimum absolute atomic E-state index is 0.419. The van der Waals surface area contributed by atoms with E-state index in [0.29, 0.717) is 53.6 Å². The largest absolute Gasteiger partial charge is 0.444 e. The number of aryl methyl sites for hydroxylation is 3. The number of fused-ring (bicyclic) bond motifs is 2. The number of ether oxygens (including phenoxy) is 4. The molecular formula is C68H87N8O8+. The van der Waals surface area contributed by atoms with Crippen LogP contribution in [-0.4, -0.2) is 70.6 Å². The van der Waals surface area contributed by atoms with Crippen LogP contribution in [0.1, 0.15) is 152 Å². The molecular weight excluding hydrogens is 1060 g/mol. The van der Waals surface area contributed by atoms with Crippen LogP contribution in [0.15, 0.2) is 125 Å². The zero-order valence-corrected chi connectivity index (χ0v) is 52.3. The molecule has 1 aromatic heterocycles. The van der Waals surface area contributed by atoms with E-state index in [1.165, 1.54) is 0 Å². The first kappa shape index (κ1) is 63.3. The molecule has 1 aliphatic carbocycles. The summed E-state index contributed by atoms with van der Waals surface area (Å²) in [5, 5.41) is 9.39. The van der Waals surface area contributed by atoms with Crippen LogP contribution in [0.25, 0.3) is 27.8 Å². The highest BCUT2D eigenvalue weighted by Crippen LogP contribution is 2.38. The number of unbranched alkanes of at least 4 members (excludes halogenated alkanes) is 5. The molecule has 0 bridgehead atoms. The molecule has 84 heavy (non-hydrogen) atoms. The number of nitrogens with zero attached hydrogens (tertiary/aromatic N) is 5. The zero-order chi connectivity index (χ0) is 61.3. The van der Waals surface area contributed by atoms with Gasteiger partial charge in [0.05, 0.1) is 28.4 Å². The Morgan fingerprint density at radius 2 is 1.02 bits per heavy atom. The molecule has 0 saturated carbocycles. The molecule has 1 aliphatic rings. The molecule has 3 N–H and O–H groups in total. The minimum Gasteiger partial charge on any atom is -0.444 e. The van der Waals surface area contributed by atoms with E-state index < -0.39 is 46.8 Å². The first-order valence-electron chi connectivity index (χ1n) is 29.2. The fraction of sp³-hybridized carbons (Fsp3) is 0.426. The van der Waals surface area contributed by atoms with E-state index in [9.17, 15) is 19.2 Å². The SMILES string of the molecule is CC1=CC(=Nc2cc(C)c(N(CCCCCCCCN(C(=O)OC(C)(C)C)c3cc4c(cc3C)nc3cc(C)c(NC(=O)OC(C)(C)C)cc3[n+]4-c3ccccc3)C(=O)OC(C)(C)C)cc2Nc2ccccc2)CC=C1NC(=O)OC(C)(C)C. The lowest BCUT2D eigenvalue weighted by molar-refractivity contribution is -0.538. The monoisotopic (exact) mass is 1140 g/mol. The lowest BCUT2D eigenvalue weighted by Gasteiger charge is -2.29. The van der Waals surface area contributed by atoms with Crippen molar-refractivity contribution < 1.29 is 42.7 Å². The van der Waals surface area contributed by atoms with Crippen LogP contribution in [-0.2, 0) is 18.9 Å². The molecule has 1 heterocycles. The molecule has 16 nitrogen and oxygen atoms in total. The molecule has 0 radical (unpaired) electrons. The van der Waals surface area contributed by atoms with Crippen molar-refractivity contribution in [2.24, 2.45) is 4.99 Å². The van der Waals surface area contributed by atoms with Crippen molar-refractivity contribution in [2.75, 3.05) is 33.5 Å². The van der Waals surface area contributed by atoms with Crippen LogP contribution >= 0.6 is 0 Å². The van der Waals surface area contributed by atoms with Gasteiger partial charge in [0.1, 0.15) is 33.4 Å². The Kier molecular flexibility index (Phi) is 20.0. The summed E-state index contributed by atoms with van der Waals surface area (Å²) in [6.45, 7) is 30.9. The molecule has 6 aromatic rings. The summed E-state index contributed by atoms with van der Waals surface area (Å²) in [5.74, 6) is 0. The fourth-order valence-electron chi connectivity index (χ4n) is 9.74. The number of anilines is 5. The van der Waals surface area contributed by atoms with Crippen molar-refractivity contribution in [3.05, 3.63) is 137 Å². The van der Waals surface area contributed by atoms with Gasteiger partial charge in [0.2, 0.25) is 16.7 Å². The topological polar surface area (TPSA) is 177 Å². The fourth-order valence-corrected chi connectivity index (χ4v) is 9.74. The van der Waals surface area contributed by atoms with Crippen LogP contribution in [0.4, 0.5) is 53.3 Å². The lowest BCUT2D eigenvalue weighted by Crippen LogP contribution is -2.38. The van der Waals surface area contributed by atoms with Gasteiger partial charge in [-0.15, -0.1) is 4.57 Å². The Balaban J connectivity index is 1.09. The Morgan fingerprint density at radius 3 is 1.56 bits per heavy atom. The number of aliphatic imine (C=N–C) groups is 1. The summed E-state index contributed by atoms with van der Waals surface area (Å²) >= 11 is 0. The van der Waals surface area contributed by atoms with Gasteiger partial charge < -0.3 is 24.3 Å². The van der Waals surface area contributed by atoms with E-state index in [0.717, 1.165) is 99.9 Å². The van der Waals surface area contributed by atoms with Crippen molar-refractivity contribution >= 4 is 86.3 Å². The van der Waals surface area contributed by atoms with Gasteiger partial charge in [-0.05, 0) is 188 Å². The van der Waals surface area contributed by atoms with Crippen molar-refractivity contribution in [3.63, 3.8) is 0 Å². The molecule has 0 aliphatic heterocycles. The molecule has 0 unspecified atom stereocenters. The van der Waals surface area contributed by atoms with E-state index in [-0.39, 0.29) is 0 Å². The summed E-state index contributed by atoms with van der Waals surface area (Å²) in [6, 6.07) is 31.7. The standard InChI is InChI=1S/C68H86N8O8/c1-44-37-49(33-34-51(44)72-61(77)81-65(5,6)7)70-53-39-46(3)57(42-54(53)69-48-29-23-21-24-30-48)74(63(79)83-67(11,12)13)35-27-19-17-18-20-28-36-75(64(80)84-68(14,15)16)58-43-60-56(40-47(58)4)71-55-38-45(2)52(73-62(78)82-66(8,9)10)41-59(55)76(60)50-31-25-22-26-32-50/h21-26,29-32,34,37-43,69H,17-20,27-28,33,35-36H2,1-16H3,(H,72,77)/p+1. The number of carbonyl (C=O) groups is 4. The molecule has 0 fully saturated rings. The molecule has 0 atom stereocenters. The summed E-state index contributed by atoms with van der Waals surface area (Å²) in [7, 11) is 0. The van der Waals surface area contributed by atoms with Crippen LogP contribution in [0.2, 0.25) is 0 Å². The highest BCUT2D eigenvalue weighted by Gasteiger charge is 2.30. The second-order valence-corrected chi connectivity index (χ2v) is 25.6. The van der Waals surface area contributed by atoms with E-state index >= 15 is 0 Å². The van der Waals surface area contributed by atoms with Gasteiger partial charge in [0, 0.05) is 60.9 Å². The number of amides is 4. The average molecular weight is 1140 g/mol. The van der Waals surface area contributed by atoms with Crippen LogP contribution < -0.4 is 30.3 Å². The molecule has 5 aromatic carbocycles. The first-order valence-corrected chi connectivity index (χ1v) is 29.2. The van der Waals surface area contributed by atoms with E-state index in [1.807, 2.05) is 220 Å². The molecule has 7 rings (SSSR count). The van der Waals surface area contributed by atoms with Crippen LogP contribution in [0, 0.1) is 20.8 Å². The number of para-hydroxylation sites is 2. The first-order chi connectivity index (χ1) is 39.4. The van der Waals surface area contributed by atoms with Gasteiger partial charge in [-0.2, -0.15) is 0 Å². The average Bonchev–Trinajstić information content (AvgIpc) is 1.10. The predicted octanol–water partition coefficient (Wildman–Crippen LogP) is 17.0. The summed E-state index contributed by atoms with van der Waals surface area (Å²) in [6.07, 6.45) is 7.43. The third-order valence-electron chi connectivity index (χ3n) is 13.4. The Morgan fingerprint density at radius 1 is 0.548 bits per heavy atom. The summed E-state index contributed by atoms with van der Waals surface area (Å²) in [4.78, 5) is 67.9. The van der Waals surface area contributed by atoms with Crippen molar-refractivity contribution in [1.29, 1.82) is 0 Å². The highest BCUT2D eigenvalue weighted by molar-refractivity contribution is 6.02. The number of allylic oxidation sites excluding steroid dienone is 3. The molecule has 0 spiro atoms. The van der Waals surface area contributed by atoms with E-state index in [2.05, 4.69) is 20.5 Å². The molecule has 4 amide bonds. The quantitative estimate of drug-likeness (QED) is 0.0345. The second-order valence-electron chi connectivity index (χ2n) is 25.6. The predicted molar refractivity (Wildman–Crippen MR) is 339 cm³/mol. The zero-order valence-electron chi connectivity index (χ0n) is 52.3. The highest BCUT2D eigenvalue weighted by atomic mass is 16.6. The lowest BCUT2D eigenvalue weighted by atomic mass is 10.0. The van der Waals surface area contributed by atoms with Crippen molar-refractivity contribution in [1.82, 2.24) is 10.3 Å². The van der Waals surface area contributed by atoms with Gasteiger partial charge in [0.15, 0.2) is 0 Å². The minimum atomic E-state index is -0.738. The van der Waals surface area contributed by atoms with Crippen molar-refractivity contribution in [2.45, 2.75) is 178 Å². The van der Waals surface area contributed by atoms with Gasteiger partial charge in [-0.25, -0.2) is 24.2 Å². The normalized spacial score (nSPS) is 13.5. The Bertz CT molecular complexity index is 3470. The number of rotatable bonds is 17. The molecule has 16 heteroatoms. The molecule has 0 saturated heterocycles. The Hall–Kier alpha value is -8.27. The number of hydrogen-bond acceptors (Lipinski definition) is 11. The van der Waals surface area contributed by atoms with E-state index in [4.69, 9.17) is 28.9 Å². The third-order valence-corrected chi connectivity index (χ3v) is 13.4. The van der Waals surface area contributed by atoms with Gasteiger partial charge in [-0.1, -0.05) is 68.2 Å². The maximum atomic E-state index is 14.3. The smallest absolute Gasteiger partial charge is 0.414 e. The van der Waals surface area contributed by atoms with Gasteiger partial charge >= 0.3 is 24.4 Å². The summed E-state index contributed by atoms with van der Waals surface area (Å²) in [5.41, 5.74) is 10.3. The maximum absolute atomic E-state index is 14.3. The van der Waals surface area contributed by atoms with Crippen LogP contribution in [0.5, 0.6) is 0 Å². The van der Waals surface area contributed by atoms with Crippen LogP contribution in [0.3, 0.4) is 0 Å². The third kappa shape index (κ3) is 17.9. The second kappa shape index (κ2) is 26.5. The molecule has 446 valence electrons. The number of benzene rings is 5.